The number of hydrogen-bond acceptors (Lipinski definition) is 4. The molecule has 0 radical (unpaired) electrons. The number of nitrogens with one attached hydrogen (secondary N) is 1. The third-order valence-electron chi connectivity index (χ3n) is 3.66. The Morgan fingerprint density at radius 2 is 1.91 bits per heavy atom. The Morgan fingerprint density at radius 1 is 1.23 bits per heavy atom. The zero-order chi connectivity index (χ0) is 16.5. The third-order valence-corrected chi connectivity index (χ3v) is 3.66. The highest BCUT2D eigenvalue weighted by atomic mass is 16.5. The lowest BCUT2D eigenvalue weighted by molar-refractivity contribution is 0.407. The van der Waals surface area contributed by atoms with E-state index in [-0.39, 0.29) is 11.0 Å². The first-order valence-electron chi connectivity index (χ1n) is 7.24. The van der Waals surface area contributed by atoms with Crippen LogP contribution >= 0.6 is 0 Å². The summed E-state index contributed by atoms with van der Waals surface area (Å²) in [5, 5.41) is 6.67. The summed E-state index contributed by atoms with van der Waals surface area (Å²) in [6, 6.07) is 6.98. The van der Waals surface area contributed by atoms with E-state index in [1.165, 1.54) is 0 Å². The van der Waals surface area contributed by atoms with E-state index >= 15 is 0 Å². The van der Waals surface area contributed by atoms with Crippen LogP contribution in [0.15, 0.2) is 29.1 Å². The zero-order valence-electron chi connectivity index (χ0n) is 13.7. The number of rotatable bonds is 3. The average Bonchev–Trinajstić information content (AvgIpc) is 2.45. The summed E-state index contributed by atoms with van der Waals surface area (Å²) in [5.41, 5.74) is 9.04. The van der Waals surface area contributed by atoms with Gasteiger partial charge in [-0.05, 0) is 19.1 Å². The Morgan fingerprint density at radius 3 is 2.50 bits per heavy atom. The monoisotopic (exact) mass is 301 g/mol. The van der Waals surface area contributed by atoms with Gasteiger partial charge in [-0.25, -0.2) is 5.10 Å². The van der Waals surface area contributed by atoms with Crippen molar-refractivity contribution >= 4 is 0 Å². The molecule has 0 aliphatic carbocycles. The summed E-state index contributed by atoms with van der Waals surface area (Å²) >= 11 is 0. The molecule has 0 amide bonds. The molecular weight excluding hydrogens is 278 g/mol. The van der Waals surface area contributed by atoms with Gasteiger partial charge in [0.2, 0.25) is 0 Å². The second-order valence-electron chi connectivity index (χ2n) is 6.51. The topological polar surface area (TPSA) is 81.0 Å². The molecule has 0 fully saturated rings. The van der Waals surface area contributed by atoms with E-state index in [0.717, 1.165) is 16.8 Å². The van der Waals surface area contributed by atoms with Gasteiger partial charge in [-0.1, -0.05) is 38.5 Å². The van der Waals surface area contributed by atoms with Gasteiger partial charge in [-0.15, -0.1) is 0 Å². The van der Waals surface area contributed by atoms with Crippen molar-refractivity contribution in [3.63, 3.8) is 0 Å². The molecule has 0 saturated carbocycles. The van der Waals surface area contributed by atoms with Crippen LogP contribution in [0.2, 0.25) is 0 Å². The van der Waals surface area contributed by atoms with E-state index in [0.29, 0.717) is 11.3 Å². The largest absolute Gasteiger partial charge is 0.496 e. The zero-order valence-corrected chi connectivity index (χ0v) is 13.7. The molecule has 22 heavy (non-hydrogen) atoms. The van der Waals surface area contributed by atoms with Gasteiger partial charge in [-0.2, -0.15) is 5.10 Å². The van der Waals surface area contributed by atoms with Crippen LogP contribution in [0.1, 0.15) is 49.2 Å². The van der Waals surface area contributed by atoms with Gasteiger partial charge in [0.25, 0.3) is 5.56 Å². The molecule has 1 unspecified atom stereocenters. The van der Waals surface area contributed by atoms with Crippen molar-refractivity contribution in [3.8, 4) is 5.75 Å². The number of nitrogens with zero attached hydrogens (tertiary/aromatic N) is 1. The molecule has 1 aromatic carbocycles. The molecule has 0 saturated heterocycles. The van der Waals surface area contributed by atoms with Gasteiger partial charge >= 0.3 is 0 Å². The summed E-state index contributed by atoms with van der Waals surface area (Å²) in [6.45, 7) is 8.09. The first-order chi connectivity index (χ1) is 10.2. The molecule has 2 rings (SSSR count). The van der Waals surface area contributed by atoms with E-state index in [1.807, 2.05) is 45.9 Å². The molecule has 1 atom stereocenters. The minimum atomic E-state index is -0.567. The van der Waals surface area contributed by atoms with E-state index < -0.39 is 6.04 Å². The summed E-state index contributed by atoms with van der Waals surface area (Å²) in [4.78, 5) is 12.2. The Labute approximate surface area is 130 Å². The molecule has 5 nitrogen and oxygen atoms in total. The van der Waals surface area contributed by atoms with E-state index in [9.17, 15) is 4.79 Å². The number of benzene rings is 1. The highest BCUT2D eigenvalue weighted by Crippen LogP contribution is 2.29. The Hall–Kier alpha value is -2.14. The molecule has 0 spiro atoms. The van der Waals surface area contributed by atoms with Crippen molar-refractivity contribution in [2.45, 2.75) is 39.2 Å². The molecule has 5 heteroatoms. The van der Waals surface area contributed by atoms with Crippen molar-refractivity contribution in [1.82, 2.24) is 10.2 Å². The number of H-pyrrole nitrogens is 1. The SMILES string of the molecule is COc1ccc(C)cc1C(N)c1cc(C(C)(C)C)n[nH]c1=O. The Bertz CT molecular complexity index is 729. The van der Waals surface area contributed by atoms with Gasteiger partial charge in [0, 0.05) is 16.5 Å². The number of nitrogens with two attached hydrogens (primary N) is 1. The minimum absolute atomic E-state index is 0.171. The van der Waals surface area contributed by atoms with E-state index in [1.54, 1.807) is 13.2 Å². The Kier molecular flexibility index (Phi) is 4.37. The lowest BCUT2D eigenvalue weighted by Gasteiger charge is -2.20. The van der Waals surface area contributed by atoms with Crippen LogP contribution in [0.5, 0.6) is 5.75 Å². The number of ether oxygens (including phenoxy) is 1. The summed E-state index contributed by atoms with van der Waals surface area (Å²) in [5.74, 6) is 0.673. The van der Waals surface area contributed by atoms with Crippen LogP contribution in [0.3, 0.4) is 0 Å². The lowest BCUT2D eigenvalue weighted by atomic mass is 9.89. The highest BCUT2D eigenvalue weighted by Gasteiger charge is 2.22. The van der Waals surface area contributed by atoms with Crippen LogP contribution < -0.4 is 16.0 Å². The van der Waals surface area contributed by atoms with Gasteiger partial charge < -0.3 is 10.5 Å². The maximum absolute atomic E-state index is 12.2. The average molecular weight is 301 g/mol. The maximum Gasteiger partial charge on any atom is 0.269 e. The number of aryl methyl sites for hydroxylation is 1. The fourth-order valence-corrected chi connectivity index (χ4v) is 2.30. The highest BCUT2D eigenvalue weighted by molar-refractivity contribution is 5.43. The first-order valence-corrected chi connectivity index (χ1v) is 7.24. The van der Waals surface area contributed by atoms with Crippen LogP contribution in [0.25, 0.3) is 0 Å². The molecule has 0 aliphatic heterocycles. The molecule has 1 heterocycles. The number of aromatic nitrogens is 2. The third kappa shape index (κ3) is 3.20. The fraction of sp³-hybridized carbons (Fsp3) is 0.412. The second-order valence-corrected chi connectivity index (χ2v) is 6.51. The lowest BCUT2D eigenvalue weighted by Crippen LogP contribution is -2.27. The molecule has 0 bridgehead atoms. The van der Waals surface area contributed by atoms with Gasteiger partial charge in [0.15, 0.2) is 0 Å². The molecule has 0 aliphatic rings. The van der Waals surface area contributed by atoms with Crippen LogP contribution in [-0.4, -0.2) is 17.3 Å². The summed E-state index contributed by atoms with van der Waals surface area (Å²) < 4.78 is 5.37. The quantitative estimate of drug-likeness (QED) is 0.912. The van der Waals surface area contributed by atoms with Crippen molar-refractivity contribution in [2.75, 3.05) is 7.11 Å². The van der Waals surface area contributed by atoms with Crippen molar-refractivity contribution in [1.29, 1.82) is 0 Å². The standard InChI is InChI=1S/C17H23N3O2/c1-10-6-7-13(22-5)11(8-10)15(18)12-9-14(17(2,3)4)19-20-16(12)21/h6-9,15H,18H2,1-5H3,(H,20,21). The normalized spacial score (nSPS) is 13.0. The molecule has 2 aromatic rings. The van der Waals surface area contributed by atoms with Crippen LogP contribution in [0.4, 0.5) is 0 Å². The molecular formula is C17H23N3O2. The second kappa shape index (κ2) is 5.93. The predicted octanol–water partition coefficient (Wildman–Crippen LogP) is 2.43. The number of aromatic amines is 1. The van der Waals surface area contributed by atoms with E-state index in [2.05, 4.69) is 10.2 Å². The molecule has 118 valence electrons. The van der Waals surface area contributed by atoms with Crippen molar-refractivity contribution in [2.24, 2.45) is 5.73 Å². The van der Waals surface area contributed by atoms with E-state index in [4.69, 9.17) is 10.5 Å². The summed E-state index contributed by atoms with van der Waals surface area (Å²) in [6.07, 6.45) is 0. The number of methoxy groups -OCH3 is 1. The molecule has 3 N–H and O–H groups in total. The summed E-state index contributed by atoms with van der Waals surface area (Å²) in [7, 11) is 1.60. The Balaban J connectivity index is 2.57. The van der Waals surface area contributed by atoms with Gasteiger partial charge in [0.05, 0.1) is 18.8 Å². The fourth-order valence-electron chi connectivity index (χ4n) is 2.30. The molecule has 1 aromatic heterocycles. The van der Waals surface area contributed by atoms with Crippen LogP contribution in [-0.2, 0) is 5.41 Å². The van der Waals surface area contributed by atoms with Crippen molar-refractivity contribution in [3.05, 3.63) is 57.0 Å². The first kappa shape index (κ1) is 16.2. The predicted molar refractivity (Wildman–Crippen MR) is 87.3 cm³/mol. The van der Waals surface area contributed by atoms with Gasteiger partial charge in [-0.3, -0.25) is 4.79 Å². The number of hydrogen-bond donors (Lipinski definition) is 2. The minimum Gasteiger partial charge on any atom is -0.496 e. The maximum atomic E-state index is 12.2. The smallest absolute Gasteiger partial charge is 0.269 e. The van der Waals surface area contributed by atoms with Gasteiger partial charge in [0.1, 0.15) is 5.75 Å². The van der Waals surface area contributed by atoms with Crippen molar-refractivity contribution < 1.29 is 4.74 Å². The van der Waals surface area contributed by atoms with Crippen LogP contribution in [0, 0.1) is 6.92 Å².